The number of rotatable bonds is 4. The number of likely N-dealkylation sites (N-methyl/N-ethyl adjacent to an activating group) is 1. The molecule has 0 heterocycles. The second-order valence-electron chi connectivity index (χ2n) is 5.28. The molecule has 0 amide bonds. The molecule has 0 spiro atoms. The summed E-state index contributed by atoms with van der Waals surface area (Å²) >= 11 is 0. The highest BCUT2D eigenvalue weighted by atomic mass is 16.6. The van der Waals surface area contributed by atoms with Crippen molar-refractivity contribution in [3.05, 3.63) is 0 Å². The molecule has 0 radical (unpaired) electrons. The van der Waals surface area contributed by atoms with Crippen molar-refractivity contribution in [3.8, 4) is 0 Å². The zero-order valence-corrected chi connectivity index (χ0v) is 10.2. The van der Waals surface area contributed by atoms with Gasteiger partial charge < -0.3 is 9.84 Å². The standard InChI is InChI=1S/C11H19NO4/c1-10(2,3)16-8(13)7-12(4)11(5-6-11)9(14)15/h5-7H2,1-4H3,(H,14,15). The molecule has 1 rings (SSSR count). The Bertz CT molecular complexity index is 302. The van der Waals surface area contributed by atoms with Crippen LogP contribution in [0.4, 0.5) is 0 Å². The lowest BCUT2D eigenvalue weighted by molar-refractivity contribution is -0.158. The Morgan fingerprint density at radius 3 is 2.19 bits per heavy atom. The van der Waals surface area contributed by atoms with Gasteiger partial charge in [-0.1, -0.05) is 0 Å². The van der Waals surface area contributed by atoms with E-state index in [0.29, 0.717) is 12.8 Å². The molecule has 0 unspecified atom stereocenters. The van der Waals surface area contributed by atoms with E-state index in [1.165, 1.54) is 0 Å². The summed E-state index contributed by atoms with van der Waals surface area (Å²) in [5.41, 5.74) is -1.37. The minimum absolute atomic E-state index is 0.0174. The van der Waals surface area contributed by atoms with Gasteiger partial charge in [-0.2, -0.15) is 0 Å². The Hall–Kier alpha value is -1.10. The molecule has 16 heavy (non-hydrogen) atoms. The second kappa shape index (κ2) is 4.05. The van der Waals surface area contributed by atoms with E-state index in [-0.39, 0.29) is 12.5 Å². The van der Waals surface area contributed by atoms with Gasteiger partial charge in [-0.25, -0.2) is 0 Å². The lowest BCUT2D eigenvalue weighted by Gasteiger charge is -2.26. The summed E-state index contributed by atoms with van der Waals surface area (Å²) in [6.45, 7) is 5.38. The molecule has 5 nitrogen and oxygen atoms in total. The number of ether oxygens (including phenoxy) is 1. The summed E-state index contributed by atoms with van der Waals surface area (Å²) in [5.74, 6) is -1.25. The average Bonchev–Trinajstić information content (AvgIpc) is 2.78. The Morgan fingerprint density at radius 1 is 1.38 bits per heavy atom. The first-order chi connectivity index (χ1) is 7.17. The van der Waals surface area contributed by atoms with Crippen LogP contribution in [0.3, 0.4) is 0 Å². The molecule has 1 fully saturated rings. The summed E-state index contributed by atoms with van der Waals surface area (Å²) in [5, 5.41) is 9.03. The third-order valence-corrected chi connectivity index (χ3v) is 2.64. The van der Waals surface area contributed by atoms with E-state index < -0.39 is 17.1 Å². The maximum absolute atomic E-state index is 11.5. The van der Waals surface area contributed by atoms with Gasteiger partial charge in [-0.15, -0.1) is 0 Å². The molecule has 0 bridgehead atoms. The van der Waals surface area contributed by atoms with Crippen molar-refractivity contribution in [1.82, 2.24) is 4.90 Å². The number of hydrogen-bond acceptors (Lipinski definition) is 4. The zero-order chi connectivity index (χ0) is 12.6. The smallest absolute Gasteiger partial charge is 0.324 e. The fourth-order valence-electron chi connectivity index (χ4n) is 1.60. The number of hydrogen-bond donors (Lipinski definition) is 1. The van der Waals surface area contributed by atoms with Crippen LogP contribution in [0.1, 0.15) is 33.6 Å². The van der Waals surface area contributed by atoms with Crippen molar-refractivity contribution in [2.24, 2.45) is 0 Å². The van der Waals surface area contributed by atoms with Crippen LogP contribution < -0.4 is 0 Å². The quantitative estimate of drug-likeness (QED) is 0.725. The maximum atomic E-state index is 11.5. The average molecular weight is 229 g/mol. The summed E-state index contributed by atoms with van der Waals surface area (Å²) < 4.78 is 5.14. The van der Waals surface area contributed by atoms with E-state index in [1.54, 1.807) is 32.7 Å². The Kier molecular flexibility index (Phi) is 3.28. The molecular weight excluding hydrogens is 210 g/mol. The molecular formula is C11H19NO4. The highest BCUT2D eigenvalue weighted by Crippen LogP contribution is 2.40. The Balaban J connectivity index is 2.49. The number of carboxylic acid groups (broad SMARTS) is 1. The fraction of sp³-hybridized carbons (Fsp3) is 0.818. The van der Waals surface area contributed by atoms with Crippen molar-refractivity contribution >= 4 is 11.9 Å². The number of esters is 1. The van der Waals surface area contributed by atoms with Crippen LogP contribution >= 0.6 is 0 Å². The van der Waals surface area contributed by atoms with Crippen LogP contribution in [0.2, 0.25) is 0 Å². The van der Waals surface area contributed by atoms with Gasteiger partial charge in [0.2, 0.25) is 0 Å². The zero-order valence-electron chi connectivity index (χ0n) is 10.2. The molecule has 1 aliphatic carbocycles. The van der Waals surface area contributed by atoms with E-state index in [1.807, 2.05) is 0 Å². The van der Waals surface area contributed by atoms with Crippen molar-refractivity contribution in [2.45, 2.75) is 44.8 Å². The van der Waals surface area contributed by atoms with Gasteiger partial charge in [0.25, 0.3) is 0 Å². The van der Waals surface area contributed by atoms with E-state index in [2.05, 4.69) is 0 Å². The molecule has 0 aliphatic heterocycles. The van der Waals surface area contributed by atoms with Crippen LogP contribution in [0.5, 0.6) is 0 Å². The van der Waals surface area contributed by atoms with Crippen LogP contribution in [0.25, 0.3) is 0 Å². The number of carbonyl (C=O) groups is 2. The summed E-state index contributed by atoms with van der Waals surface area (Å²) in [7, 11) is 1.64. The van der Waals surface area contributed by atoms with Crippen molar-refractivity contribution in [3.63, 3.8) is 0 Å². The monoisotopic (exact) mass is 229 g/mol. The van der Waals surface area contributed by atoms with E-state index in [4.69, 9.17) is 9.84 Å². The molecule has 0 saturated heterocycles. The highest BCUT2D eigenvalue weighted by Gasteiger charge is 2.54. The van der Waals surface area contributed by atoms with Crippen LogP contribution in [0, 0.1) is 0 Å². The van der Waals surface area contributed by atoms with E-state index in [0.717, 1.165) is 0 Å². The van der Waals surface area contributed by atoms with Gasteiger partial charge in [0, 0.05) is 0 Å². The molecule has 5 heteroatoms. The number of nitrogens with zero attached hydrogens (tertiary/aromatic N) is 1. The lowest BCUT2D eigenvalue weighted by Crippen LogP contribution is -2.44. The third-order valence-electron chi connectivity index (χ3n) is 2.64. The molecule has 0 aromatic heterocycles. The Morgan fingerprint density at radius 2 is 1.88 bits per heavy atom. The molecule has 92 valence electrons. The normalized spacial score (nSPS) is 18.3. The van der Waals surface area contributed by atoms with E-state index >= 15 is 0 Å². The largest absolute Gasteiger partial charge is 0.480 e. The first-order valence-electron chi connectivity index (χ1n) is 5.34. The van der Waals surface area contributed by atoms with Crippen LogP contribution in [-0.4, -0.2) is 46.7 Å². The Labute approximate surface area is 95.4 Å². The van der Waals surface area contributed by atoms with Crippen LogP contribution in [0.15, 0.2) is 0 Å². The topological polar surface area (TPSA) is 66.8 Å². The van der Waals surface area contributed by atoms with Gasteiger partial charge >= 0.3 is 11.9 Å². The second-order valence-corrected chi connectivity index (χ2v) is 5.28. The molecule has 0 atom stereocenters. The van der Waals surface area contributed by atoms with E-state index in [9.17, 15) is 9.59 Å². The molecule has 1 N–H and O–H groups in total. The molecule has 1 aliphatic rings. The summed E-state index contributed by atoms with van der Waals surface area (Å²) in [6, 6.07) is 0. The molecule has 0 aromatic rings. The maximum Gasteiger partial charge on any atom is 0.324 e. The molecule has 0 aromatic carbocycles. The lowest BCUT2D eigenvalue weighted by atomic mass is 10.2. The van der Waals surface area contributed by atoms with Gasteiger partial charge in [0.05, 0.1) is 6.54 Å². The van der Waals surface area contributed by atoms with Gasteiger partial charge in [-0.05, 0) is 40.7 Å². The number of carbonyl (C=O) groups excluding carboxylic acids is 1. The number of aliphatic carboxylic acids is 1. The minimum atomic E-state index is -0.862. The first kappa shape index (κ1) is 13.0. The SMILES string of the molecule is CN(CC(=O)OC(C)(C)C)C1(C(=O)O)CC1. The number of carboxylic acids is 1. The van der Waals surface area contributed by atoms with Gasteiger partial charge in [0.1, 0.15) is 11.1 Å². The molecule has 1 saturated carbocycles. The van der Waals surface area contributed by atoms with Crippen molar-refractivity contribution < 1.29 is 19.4 Å². The van der Waals surface area contributed by atoms with Crippen molar-refractivity contribution in [2.75, 3.05) is 13.6 Å². The van der Waals surface area contributed by atoms with Gasteiger partial charge in [-0.3, -0.25) is 14.5 Å². The summed E-state index contributed by atoms with van der Waals surface area (Å²) in [4.78, 5) is 24.1. The fourth-order valence-corrected chi connectivity index (χ4v) is 1.60. The first-order valence-corrected chi connectivity index (χ1v) is 5.34. The van der Waals surface area contributed by atoms with Crippen molar-refractivity contribution in [1.29, 1.82) is 0 Å². The third kappa shape index (κ3) is 2.95. The summed E-state index contributed by atoms with van der Waals surface area (Å²) in [6.07, 6.45) is 1.20. The van der Waals surface area contributed by atoms with Crippen LogP contribution in [-0.2, 0) is 14.3 Å². The predicted molar refractivity (Wildman–Crippen MR) is 58.1 cm³/mol. The van der Waals surface area contributed by atoms with Gasteiger partial charge in [0.15, 0.2) is 0 Å². The highest BCUT2D eigenvalue weighted by molar-refractivity contribution is 5.83. The minimum Gasteiger partial charge on any atom is -0.480 e. The predicted octanol–water partition coefficient (Wildman–Crippen LogP) is 0.877.